The van der Waals surface area contributed by atoms with Gasteiger partial charge in [0.2, 0.25) is 0 Å². The van der Waals surface area contributed by atoms with E-state index in [1.165, 1.54) is 0 Å². The fraction of sp³-hybridized carbons (Fsp3) is 0.571. The lowest BCUT2D eigenvalue weighted by atomic mass is 9.97. The number of nitro benzene ring substituents is 1. The molecule has 1 aromatic carbocycles. The molecule has 4 heteroatoms. The molecule has 0 unspecified atom stereocenters. The molecule has 0 radical (unpaired) electrons. The number of anilines is 1. The zero-order chi connectivity index (χ0) is 13.5. The van der Waals surface area contributed by atoms with Gasteiger partial charge in [-0.3, -0.25) is 10.1 Å². The van der Waals surface area contributed by atoms with Crippen LogP contribution in [0.1, 0.15) is 50.7 Å². The summed E-state index contributed by atoms with van der Waals surface area (Å²) in [5.41, 5.74) is 8.23. The predicted octanol–water partition coefficient (Wildman–Crippen LogP) is 3.86. The number of nitrogens with two attached hydrogens (primary N) is 1. The van der Waals surface area contributed by atoms with Gasteiger partial charge < -0.3 is 5.73 Å². The average molecular weight is 250 g/mol. The van der Waals surface area contributed by atoms with E-state index < -0.39 is 0 Å². The highest BCUT2D eigenvalue weighted by atomic mass is 16.6. The first-order chi connectivity index (χ1) is 8.61. The Balaban J connectivity index is 3.15. The van der Waals surface area contributed by atoms with Gasteiger partial charge in [-0.15, -0.1) is 0 Å². The molecule has 0 amide bonds. The molecule has 0 saturated carbocycles. The zero-order valence-corrected chi connectivity index (χ0v) is 11.2. The molecule has 100 valence electrons. The standard InChI is InChI=1S/C14H22N2O2/c1-3-5-7-11-9-10-13(15)12(8-6-4-2)14(11)16(17)18/h9-10H,3-8,15H2,1-2H3. The van der Waals surface area contributed by atoms with Gasteiger partial charge in [0.05, 0.1) is 10.5 Å². The molecule has 0 heterocycles. The van der Waals surface area contributed by atoms with Crippen molar-refractivity contribution in [3.8, 4) is 0 Å². The monoisotopic (exact) mass is 250 g/mol. The summed E-state index contributed by atoms with van der Waals surface area (Å²) in [5.74, 6) is 0. The second-order valence-electron chi connectivity index (χ2n) is 4.61. The molecular weight excluding hydrogens is 228 g/mol. The molecule has 2 N–H and O–H groups in total. The van der Waals surface area contributed by atoms with E-state index >= 15 is 0 Å². The Morgan fingerprint density at radius 3 is 2.33 bits per heavy atom. The summed E-state index contributed by atoms with van der Waals surface area (Å²) in [5, 5.41) is 11.3. The van der Waals surface area contributed by atoms with E-state index in [4.69, 9.17) is 5.73 Å². The first kappa shape index (κ1) is 14.5. The molecule has 0 aromatic heterocycles. The Hall–Kier alpha value is -1.58. The van der Waals surface area contributed by atoms with Gasteiger partial charge in [-0.2, -0.15) is 0 Å². The van der Waals surface area contributed by atoms with Crippen LogP contribution in [0.4, 0.5) is 11.4 Å². The van der Waals surface area contributed by atoms with Crippen molar-refractivity contribution in [3.63, 3.8) is 0 Å². The highest BCUT2D eigenvalue weighted by Gasteiger charge is 2.21. The van der Waals surface area contributed by atoms with Crippen LogP contribution in [0.2, 0.25) is 0 Å². The molecule has 1 rings (SSSR count). The van der Waals surface area contributed by atoms with E-state index in [-0.39, 0.29) is 10.6 Å². The van der Waals surface area contributed by atoms with Gasteiger partial charge in [0, 0.05) is 11.3 Å². The summed E-state index contributed by atoms with van der Waals surface area (Å²) < 4.78 is 0. The van der Waals surface area contributed by atoms with E-state index in [9.17, 15) is 10.1 Å². The number of rotatable bonds is 7. The van der Waals surface area contributed by atoms with Crippen molar-refractivity contribution < 1.29 is 4.92 Å². The van der Waals surface area contributed by atoms with Gasteiger partial charge in [-0.05, 0) is 31.7 Å². The summed E-state index contributed by atoms with van der Waals surface area (Å²) in [7, 11) is 0. The summed E-state index contributed by atoms with van der Waals surface area (Å²) >= 11 is 0. The van der Waals surface area contributed by atoms with E-state index in [2.05, 4.69) is 13.8 Å². The van der Waals surface area contributed by atoms with Crippen molar-refractivity contribution in [3.05, 3.63) is 33.4 Å². The maximum atomic E-state index is 11.3. The first-order valence-corrected chi connectivity index (χ1v) is 6.66. The molecule has 0 aliphatic heterocycles. The van der Waals surface area contributed by atoms with E-state index in [0.717, 1.165) is 43.2 Å². The number of benzene rings is 1. The minimum atomic E-state index is -0.271. The van der Waals surface area contributed by atoms with Gasteiger partial charge in [0.25, 0.3) is 5.69 Å². The number of nitrogens with zero attached hydrogens (tertiary/aromatic N) is 1. The third-order valence-electron chi connectivity index (χ3n) is 3.17. The Morgan fingerprint density at radius 2 is 1.78 bits per heavy atom. The Kier molecular flexibility index (Phi) is 5.62. The third kappa shape index (κ3) is 3.45. The van der Waals surface area contributed by atoms with Crippen molar-refractivity contribution in [2.24, 2.45) is 0 Å². The number of hydrogen-bond donors (Lipinski definition) is 1. The van der Waals surface area contributed by atoms with Crippen LogP contribution in [0.3, 0.4) is 0 Å². The lowest BCUT2D eigenvalue weighted by Crippen LogP contribution is -2.05. The maximum absolute atomic E-state index is 11.3. The molecule has 1 aromatic rings. The quantitative estimate of drug-likeness (QED) is 0.454. The highest BCUT2D eigenvalue weighted by Crippen LogP contribution is 2.31. The van der Waals surface area contributed by atoms with Crippen LogP contribution in [0, 0.1) is 10.1 Å². The summed E-state index contributed by atoms with van der Waals surface area (Å²) in [6.07, 6.45) is 5.40. The fourth-order valence-electron chi connectivity index (χ4n) is 2.11. The number of unbranched alkanes of at least 4 members (excludes halogenated alkanes) is 2. The molecule has 0 bridgehead atoms. The summed E-state index contributed by atoms with van der Waals surface area (Å²) in [6.45, 7) is 4.16. The van der Waals surface area contributed by atoms with Crippen LogP contribution in [0.15, 0.2) is 12.1 Å². The largest absolute Gasteiger partial charge is 0.398 e. The first-order valence-electron chi connectivity index (χ1n) is 6.66. The van der Waals surface area contributed by atoms with Gasteiger partial charge in [0.15, 0.2) is 0 Å². The highest BCUT2D eigenvalue weighted by molar-refractivity contribution is 5.61. The fourth-order valence-corrected chi connectivity index (χ4v) is 2.11. The Labute approximate surface area is 108 Å². The molecule has 0 saturated heterocycles. The summed E-state index contributed by atoms with van der Waals surface area (Å²) in [6, 6.07) is 3.61. The molecule has 0 fully saturated rings. The SMILES string of the molecule is CCCCc1ccc(N)c(CCCC)c1[N+](=O)[O-]. The van der Waals surface area contributed by atoms with E-state index in [1.807, 2.05) is 6.07 Å². The minimum Gasteiger partial charge on any atom is -0.398 e. The van der Waals surface area contributed by atoms with E-state index in [1.54, 1.807) is 6.07 Å². The van der Waals surface area contributed by atoms with Gasteiger partial charge in [-0.25, -0.2) is 0 Å². The van der Waals surface area contributed by atoms with Crippen molar-refractivity contribution in [2.75, 3.05) is 5.73 Å². The van der Waals surface area contributed by atoms with Crippen molar-refractivity contribution in [1.29, 1.82) is 0 Å². The normalized spacial score (nSPS) is 10.6. The number of hydrogen-bond acceptors (Lipinski definition) is 3. The Bertz CT molecular complexity index is 417. The smallest absolute Gasteiger partial charge is 0.277 e. The van der Waals surface area contributed by atoms with Crippen molar-refractivity contribution >= 4 is 11.4 Å². The molecule has 0 atom stereocenters. The average Bonchev–Trinajstić information content (AvgIpc) is 2.35. The maximum Gasteiger partial charge on any atom is 0.277 e. The van der Waals surface area contributed by atoms with Crippen LogP contribution < -0.4 is 5.73 Å². The van der Waals surface area contributed by atoms with Gasteiger partial charge in [0.1, 0.15) is 0 Å². The van der Waals surface area contributed by atoms with Crippen LogP contribution in [0.5, 0.6) is 0 Å². The number of nitro groups is 1. The molecule has 18 heavy (non-hydrogen) atoms. The molecular formula is C14H22N2O2. The number of nitrogen functional groups attached to an aromatic ring is 1. The summed E-state index contributed by atoms with van der Waals surface area (Å²) in [4.78, 5) is 11.0. The lowest BCUT2D eigenvalue weighted by Gasteiger charge is -2.10. The molecule has 0 aliphatic rings. The van der Waals surface area contributed by atoms with Crippen LogP contribution >= 0.6 is 0 Å². The minimum absolute atomic E-state index is 0.247. The number of aryl methyl sites for hydroxylation is 1. The second-order valence-corrected chi connectivity index (χ2v) is 4.61. The van der Waals surface area contributed by atoms with Crippen molar-refractivity contribution in [1.82, 2.24) is 0 Å². The van der Waals surface area contributed by atoms with E-state index in [0.29, 0.717) is 12.1 Å². The van der Waals surface area contributed by atoms with Crippen LogP contribution in [-0.4, -0.2) is 4.92 Å². The second kappa shape index (κ2) is 6.99. The van der Waals surface area contributed by atoms with Gasteiger partial charge >= 0.3 is 0 Å². The lowest BCUT2D eigenvalue weighted by molar-refractivity contribution is -0.386. The van der Waals surface area contributed by atoms with Crippen molar-refractivity contribution in [2.45, 2.75) is 52.4 Å². The van der Waals surface area contributed by atoms with Crippen LogP contribution in [-0.2, 0) is 12.8 Å². The Morgan fingerprint density at radius 1 is 1.17 bits per heavy atom. The topological polar surface area (TPSA) is 69.2 Å². The molecule has 0 aliphatic carbocycles. The predicted molar refractivity (Wildman–Crippen MR) is 74.7 cm³/mol. The molecule has 4 nitrogen and oxygen atoms in total. The van der Waals surface area contributed by atoms with Crippen LogP contribution in [0.25, 0.3) is 0 Å². The molecule has 0 spiro atoms. The third-order valence-corrected chi connectivity index (χ3v) is 3.17. The zero-order valence-electron chi connectivity index (χ0n) is 11.2. The van der Waals surface area contributed by atoms with Gasteiger partial charge in [-0.1, -0.05) is 32.8 Å².